The summed E-state index contributed by atoms with van der Waals surface area (Å²) in [7, 11) is -0.513. The first-order valence-corrected chi connectivity index (χ1v) is 10.8. The third-order valence-corrected chi connectivity index (χ3v) is 6.16. The fourth-order valence-corrected chi connectivity index (χ4v) is 3.53. The molecule has 1 amide bonds. The summed E-state index contributed by atoms with van der Waals surface area (Å²) < 4.78 is 36.4. The van der Waals surface area contributed by atoms with Gasteiger partial charge in [0, 0.05) is 20.7 Å². The standard InChI is InChI=1S/C21H28N2O5S/c1-5-27-14-15-28-20-9-7-6-8-19(20)21(24)22-16(2)17-10-12-18(13-11-17)29(25,26)23(3)4/h6-13,16H,5,14-15H2,1-4H3,(H,22,24). The molecule has 0 aliphatic carbocycles. The summed E-state index contributed by atoms with van der Waals surface area (Å²) >= 11 is 0. The van der Waals surface area contributed by atoms with E-state index in [4.69, 9.17) is 9.47 Å². The number of carbonyl (C=O) groups excluding carboxylic acids is 1. The Bertz CT molecular complexity index is 911. The lowest BCUT2D eigenvalue weighted by Crippen LogP contribution is -2.27. The lowest BCUT2D eigenvalue weighted by Gasteiger charge is -2.17. The molecule has 2 rings (SSSR count). The monoisotopic (exact) mass is 420 g/mol. The summed E-state index contributed by atoms with van der Waals surface area (Å²) in [6.45, 7) is 5.16. The Labute approximate surface area is 172 Å². The van der Waals surface area contributed by atoms with Crippen LogP contribution < -0.4 is 10.1 Å². The normalized spacial score (nSPS) is 12.6. The highest BCUT2D eigenvalue weighted by atomic mass is 32.2. The van der Waals surface area contributed by atoms with Gasteiger partial charge in [0.2, 0.25) is 10.0 Å². The molecule has 1 atom stereocenters. The van der Waals surface area contributed by atoms with Gasteiger partial charge in [0.1, 0.15) is 12.4 Å². The number of benzene rings is 2. The molecule has 2 aromatic carbocycles. The van der Waals surface area contributed by atoms with E-state index in [0.717, 1.165) is 9.87 Å². The molecule has 0 spiro atoms. The number of hydrogen-bond donors (Lipinski definition) is 1. The average molecular weight is 421 g/mol. The van der Waals surface area contributed by atoms with Crippen LogP contribution in [0.4, 0.5) is 0 Å². The van der Waals surface area contributed by atoms with Gasteiger partial charge in [-0.1, -0.05) is 24.3 Å². The van der Waals surface area contributed by atoms with Crippen molar-refractivity contribution in [2.75, 3.05) is 33.9 Å². The number of hydrogen-bond acceptors (Lipinski definition) is 5. The first kappa shape index (κ1) is 22.9. The van der Waals surface area contributed by atoms with Crippen LogP contribution in [-0.2, 0) is 14.8 Å². The van der Waals surface area contributed by atoms with E-state index in [1.165, 1.54) is 26.2 Å². The third-order valence-electron chi connectivity index (χ3n) is 4.33. The predicted octanol–water partition coefficient (Wildman–Crippen LogP) is 2.84. The summed E-state index contributed by atoms with van der Waals surface area (Å²) in [5, 5.41) is 2.93. The first-order chi connectivity index (χ1) is 13.8. The van der Waals surface area contributed by atoms with Crippen molar-refractivity contribution in [1.29, 1.82) is 0 Å². The van der Waals surface area contributed by atoms with Gasteiger partial charge < -0.3 is 14.8 Å². The Kier molecular flexibility index (Phi) is 8.19. The first-order valence-electron chi connectivity index (χ1n) is 9.40. The molecule has 29 heavy (non-hydrogen) atoms. The second-order valence-electron chi connectivity index (χ2n) is 6.59. The summed E-state index contributed by atoms with van der Waals surface area (Å²) in [6.07, 6.45) is 0. The molecule has 0 radical (unpaired) electrons. The van der Waals surface area contributed by atoms with Crippen LogP contribution in [0.1, 0.15) is 35.8 Å². The van der Waals surface area contributed by atoms with Crippen molar-refractivity contribution in [2.24, 2.45) is 0 Å². The molecule has 0 heterocycles. The number of amides is 1. The van der Waals surface area contributed by atoms with Gasteiger partial charge in [-0.15, -0.1) is 0 Å². The van der Waals surface area contributed by atoms with Gasteiger partial charge in [0.25, 0.3) is 5.91 Å². The van der Waals surface area contributed by atoms with E-state index < -0.39 is 10.0 Å². The maximum Gasteiger partial charge on any atom is 0.255 e. The second kappa shape index (κ2) is 10.4. The van der Waals surface area contributed by atoms with Crippen molar-refractivity contribution in [2.45, 2.75) is 24.8 Å². The number of rotatable bonds is 10. The van der Waals surface area contributed by atoms with Crippen LogP contribution in [0.15, 0.2) is 53.4 Å². The smallest absolute Gasteiger partial charge is 0.255 e. The summed E-state index contributed by atoms with van der Waals surface area (Å²) in [6, 6.07) is 13.2. The van der Waals surface area contributed by atoms with Crippen LogP contribution in [0.5, 0.6) is 5.75 Å². The van der Waals surface area contributed by atoms with Crippen LogP contribution in [0.3, 0.4) is 0 Å². The molecule has 0 saturated carbocycles. The molecule has 0 fully saturated rings. The third kappa shape index (κ3) is 6.03. The summed E-state index contributed by atoms with van der Waals surface area (Å²) in [5.41, 5.74) is 1.23. The number of para-hydroxylation sites is 1. The Morgan fingerprint density at radius 2 is 1.72 bits per heavy atom. The molecule has 2 aromatic rings. The molecule has 0 aliphatic heterocycles. The minimum atomic E-state index is -3.48. The van der Waals surface area contributed by atoms with Crippen molar-refractivity contribution in [3.8, 4) is 5.75 Å². The lowest BCUT2D eigenvalue weighted by atomic mass is 10.1. The van der Waals surface area contributed by atoms with Gasteiger partial charge in [-0.05, 0) is 43.7 Å². The Morgan fingerprint density at radius 1 is 1.07 bits per heavy atom. The quantitative estimate of drug-likeness (QED) is 0.598. The van der Waals surface area contributed by atoms with Crippen LogP contribution in [-0.4, -0.2) is 52.5 Å². The average Bonchev–Trinajstić information content (AvgIpc) is 2.71. The summed E-state index contributed by atoms with van der Waals surface area (Å²) in [5.74, 6) is 0.221. The van der Waals surface area contributed by atoms with Crippen LogP contribution in [0, 0.1) is 0 Å². The highest BCUT2D eigenvalue weighted by Gasteiger charge is 2.19. The van der Waals surface area contributed by atoms with Gasteiger partial charge in [-0.25, -0.2) is 12.7 Å². The number of carbonyl (C=O) groups is 1. The van der Waals surface area contributed by atoms with E-state index in [2.05, 4.69) is 5.32 Å². The Balaban J connectivity index is 2.07. The minimum absolute atomic E-state index is 0.206. The highest BCUT2D eigenvalue weighted by molar-refractivity contribution is 7.89. The maximum atomic E-state index is 12.7. The van der Waals surface area contributed by atoms with Gasteiger partial charge >= 0.3 is 0 Å². The van der Waals surface area contributed by atoms with Crippen molar-refractivity contribution >= 4 is 15.9 Å². The zero-order valence-corrected chi connectivity index (χ0v) is 18.0. The van der Waals surface area contributed by atoms with E-state index in [0.29, 0.717) is 31.1 Å². The van der Waals surface area contributed by atoms with Gasteiger partial charge in [0.15, 0.2) is 0 Å². The van der Waals surface area contributed by atoms with E-state index in [1.54, 1.807) is 36.4 Å². The second-order valence-corrected chi connectivity index (χ2v) is 8.74. The zero-order chi connectivity index (χ0) is 21.4. The topological polar surface area (TPSA) is 84.9 Å². The number of nitrogens with zero attached hydrogens (tertiary/aromatic N) is 1. The highest BCUT2D eigenvalue weighted by Crippen LogP contribution is 2.21. The fourth-order valence-electron chi connectivity index (χ4n) is 2.63. The number of nitrogens with one attached hydrogen (secondary N) is 1. The molecule has 158 valence electrons. The SMILES string of the molecule is CCOCCOc1ccccc1C(=O)NC(C)c1ccc(S(=O)(=O)N(C)C)cc1. The zero-order valence-electron chi connectivity index (χ0n) is 17.2. The van der Waals surface area contributed by atoms with E-state index in [1.807, 2.05) is 13.8 Å². The van der Waals surface area contributed by atoms with Gasteiger partial charge in [-0.3, -0.25) is 4.79 Å². The molecular weight excluding hydrogens is 392 g/mol. The fraction of sp³-hybridized carbons (Fsp3) is 0.381. The van der Waals surface area contributed by atoms with E-state index in [-0.39, 0.29) is 16.8 Å². The molecule has 0 saturated heterocycles. The molecule has 1 unspecified atom stereocenters. The van der Waals surface area contributed by atoms with Crippen LogP contribution in [0.25, 0.3) is 0 Å². The molecule has 0 aromatic heterocycles. The molecular formula is C21H28N2O5S. The van der Waals surface area contributed by atoms with E-state index in [9.17, 15) is 13.2 Å². The molecule has 8 heteroatoms. The lowest BCUT2D eigenvalue weighted by molar-refractivity contribution is 0.0923. The molecule has 1 N–H and O–H groups in total. The molecule has 0 bridgehead atoms. The van der Waals surface area contributed by atoms with Crippen molar-refractivity contribution in [1.82, 2.24) is 9.62 Å². The Morgan fingerprint density at radius 3 is 2.34 bits per heavy atom. The molecule has 0 aliphatic rings. The van der Waals surface area contributed by atoms with Crippen molar-refractivity contribution < 1.29 is 22.7 Å². The van der Waals surface area contributed by atoms with Crippen molar-refractivity contribution in [3.05, 3.63) is 59.7 Å². The molecule has 7 nitrogen and oxygen atoms in total. The maximum absolute atomic E-state index is 12.7. The van der Waals surface area contributed by atoms with E-state index >= 15 is 0 Å². The summed E-state index contributed by atoms with van der Waals surface area (Å²) in [4.78, 5) is 12.9. The van der Waals surface area contributed by atoms with Crippen LogP contribution >= 0.6 is 0 Å². The van der Waals surface area contributed by atoms with Gasteiger partial charge in [0.05, 0.1) is 23.1 Å². The van der Waals surface area contributed by atoms with Gasteiger partial charge in [-0.2, -0.15) is 0 Å². The minimum Gasteiger partial charge on any atom is -0.490 e. The Hall–Kier alpha value is -2.42. The number of sulfonamides is 1. The predicted molar refractivity (Wildman–Crippen MR) is 112 cm³/mol. The van der Waals surface area contributed by atoms with Crippen LogP contribution in [0.2, 0.25) is 0 Å². The largest absolute Gasteiger partial charge is 0.490 e. The number of ether oxygens (including phenoxy) is 2. The van der Waals surface area contributed by atoms with Crippen molar-refractivity contribution in [3.63, 3.8) is 0 Å².